The quantitative estimate of drug-likeness (QED) is 0.706. The Morgan fingerprint density at radius 2 is 1.93 bits per heavy atom. The molecular formula is C12H9ClFN. The first kappa shape index (κ1) is 10.1. The van der Waals surface area contributed by atoms with Gasteiger partial charge in [0.05, 0.1) is 11.6 Å². The highest BCUT2D eigenvalue weighted by molar-refractivity contribution is 6.17. The van der Waals surface area contributed by atoms with E-state index >= 15 is 0 Å². The van der Waals surface area contributed by atoms with Crippen molar-refractivity contribution < 1.29 is 4.39 Å². The summed E-state index contributed by atoms with van der Waals surface area (Å²) in [5.41, 5.74) is 1.95. The van der Waals surface area contributed by atoms with E-state index in [0.717, 1.165) is 5.56 Å². The van der Waals surface area contributed by atoms with Crippen LogP contribution in [0.15, 0.2) is 42.6 Å². The van der Waals surface area contributed by atoms with Crippen LogP contribution in [0.1, 0.15) is 5.56 Å². The van der Waals surface area contributed by atoms with Crippen molar-refractivity contribution in [2.45, 2.75) is 5.88 Å². The summed E-state index contributed by atoms with van der Waals surface area (Å²) in [6.45, 7) is 0. The molecule has 0 aliphatic carbocycles. The van der Waals surface area contributed by atoms with Crippen LogP contribution in [-0.4, -0.2) is 4.98 Å². The van der Waals surface area contributed by atoms with Gasteiger partial charge in [-0.1, -0.05) is 30.3 Å². The maximum absolute atomic E-state index is 13.4. The van der Waals surface area contributed by atoms with Gasteiger partial charge < -0.3 is 0 Å². The molecule has 76 valence electrons. The van der Waals surface area contributed by atoms with E-state index in [1.165, 1.54) is 12.3 Å². The lowest BCUT2D eigenvalue weighted by molar-refractivity contribution is 0.615. The van der Waals surface area contributed by atoms with Crippen LogP contribution in [0.4, 0.5) is 4.39 Å². The number of pyridine rings is 1. The van der Waals surface area contributed by atoms with Gasteiger partial charge in [0.25, 0.3) is 0 Å². The van der Waals surface area contributed by atoms with E-state index in [-0.39, 0.29) is 11.7 Å². The lowest BCUT2D eigenvalue weighted by atomic mass is 10.1. The summed E-state index contributed by atoms with van der Waals surface area (Å²) in [4.78, 5) is 4.16. The molecular weight excluding hydrogens is 213 g/mol. The summed E-state index contributed by atoms with van der Waals surface area (Å²) in [5.74, 6) is -0.160. The third-order valence-electron chi connectivity index (χ3n) is 2.14. The van der Waals surface area contributed by atoms with Gasteiger partial charge in [-0.2, -0.15) is 0 Å². The molecule has 0 saturated heterocycles. The molecule has 0 atom stereocenters. The summed E-state index contributed by atoms with van der Waals surface area (Å²) < 4.78 is 13.4. The molecule has 0 N–H and O–H groups in total. The summed E-state index contributed by atoms with van der Waals surface area (Å²) in [6, 6.07) is 10.9. The van der Waals surface area contributed by atoms with Crippen LogP contribution in [0, 0.1) is 5.82 Å². The first-order chi connectivity index (χ1) is 7.31. The number of halogens is 2. The van der Waals surface area contributed by atoms with Crippen LogP contribution in [0.25, 0.3) is 11.3 Å². The normalized spacial score (nSPS) is 10.3. The predicted molar refractivity (Wildman–Crippen MR) is 59.2 cm³/mol. The van der Waals surface area contributed by atoms with Crippen LogP contribution in [-0.2, 0) is 5.88 Å². The number of benzene rings is 1. The standard InChI is InChI=1S/C12H9ClFN/c13-7-10-8-15-12(6-11(10)14)9-4-2-1-3-5-9/h1-6,8H,7H2. The van der Waals surface area contributed by atoms with E-state index in [2.05, 4.69) is 4.98 Å². The highest BCUT2D eigenvalue weighted by Crippen LogP contribution is 2.19. The number of aromatic nitrogens is 1. The zero-order chi connectivity index (χ0) is 10.7. The molecule has 0 fully saturated rings. The summed E-state index contributed by atoms with van der Waals surface area (Å²) in [7, 11) is 0. The van der Waals surface area contributed by atoms with Crippen molar-refractivity contribution in [2.24, 2.45) is 0 Å². The summed E-state index contributed by atoms with van der Waals surface area (Å²) in [6.07, 6.45) is 1.48. The van der Waals surface area contributed by atoms with Crippen molar-refractivity contribution in [2.75, 3.05) is 0 Å². The molecule has 2 aromatic rings. The van der Waals surface area contributed by atoms with Crippen molar-refractivity contribution in [3.05, 3.63) is 54.0 Å². The van der Waals surface area contributed by atoms with Crippen molar-refractivity contribution in [1.29, 1.82) is 0 Å². The maximum atomic E-state index is 13.4. The molecule has 1 nitrogen and oxygen atoms in total. The Bertz CT molecular complexity index is 456. The van der Waals surface area contributed by atoms with E-state index in [1.807, 2.05) is 30.3 Å². The fraction of sp³-hybridized carbons (Fsp3) is 0.0833. The smallest absolute Gasteiger partial charge is 0.131 e. The first-order valence-corrected chi connectivity index (χ1v) is 5.10. The average molecular weight is 222 g/mol. The van der Waals surface area contributed by atoms with Gasteiger partial charge in [-0.3, -0.25) is 4.98 Å². The third kappa shape index (κ3) is 2.16. The van der Waals surface area contributed by atoms with Gasteiger partial charge >= 0.3 is 0 Å². The Hall–Kier alpha value is -1.41. The Morgan fingerprint density at radius 3 is 2.53 bits per heavy atom. The Balaban J connectivity index is 2.43. The second-order valence-corrected chi connectivity index (χ2v) is 3.43. The number of hydrogen-bond donors (Lipinski definition) is 0. The molecule has 0 radical (unpaired) electrons. The lowest BCUT2D eigenvalue weighted by Gasteiger charge is -2.02. The molecule has 0 aliphatic rings. The van der Waals surface area contributed by atoms with Crippen molar-refractivity contribution in [3.8, 4) is 11.3 Å². The van der Waals surface area contributed by atoms with E-state index in [0.29, 0.717) is 11.3 Å². The van der Waals surface area contributed by atoms with Crippen LogP contribution in [0.5, 0.6) is 0 Å². The number of alkyl halides is 1. The van der Waals surface area contributed by atoms with Crippen molar-refractivity contribution in [1.82, 2.24) is 4.98 Å². The molecule has 15 heavy (non-hydrogen) atoms. The lowest BCUT2D eigenvalue weighted by Crippen LogP contribution is -1.91. The largest absolute Gasteiger partial charge is 0.256 e. The first-order valence-electron chi connectivity index (χ1n) is 4.57. The minimum atomic E-state index is -0.307. The summed E-state index contributed by atoms with van der Waals surface area (Å²) in [5, 5.41) is 0. The zero-order valence-corrected chi connectivity index (χ0v) is 8.71. The number of nitrogens with zero attached hydrogens (tertiary/aromatic N) is 1. The molecule has 0 aliphatic heterocycles. The van der Waals surface area contributed by atoms with Crippen LogP contribution in [0.2, 0.25) is 0 Å². The second kappa shape index (κ2) is 4.41. The Labute approximate surface area is 92.5 Å². The maximum Gasteiger partial charge on any atom is 0.131 e. The molecule has 1 aromatic heterocycles. The monoisotopic (exact) mass is 221 g/mol. The molecule has 0 amide bonds. The van der Waals surface area contributed by atoms with Gasteiger partial charge in [-0.15, -0.1) is 11.6 Å². The van der Waals surface area contributed by atoms with E-state index in [4.69, 9.17) is 11.6 Å². The van der Waals surface area contributed by atoms with Gasteiger partial charge in [0.15, 0.2) is 0 Å². The highest BCUT2D eigenvalue weighted by Gasteiger charge is 2.04. The van der Waals surface area contributed by atoms with Gasteiger partial charge in [0, 0.05) is 23.4 Å². The Kier molecular flexibility index (Phi) is 2.97. The second-order valence-electron chi connectivity index (χ2n) is 3.16. The van der Waals surface area contributed by atoms with Crippen molar-refractivity contribution >= 4 is 11.6 Å². The molecule has 0 unspecified atom stereocenters. The third-order valence-corrected chi connectivity index (χ3v) is 2.43. The fourth-order valence-electron chi connectivity index (χ4n) is 1.32. The fourth-order valence-corrected chi connectivity index (χ4v) is 1.52. The molecule has 2 rings (SSSR count). The van der Waals surface area contributed by atoms with Crippen LogP contribution in [0.3, 0.4) is 0 Å². The minimum Gasteiger partial charge on any atom is -0.256 e. The molecule has 1 heterocycles. The summed E-state index contributed by atoms with van der Waals surface area (Å²) >= 11 is 5.55. The molecule has 0 bridgehead atoms. The van der Waals surface area contributed by atoms with E-state index in [9.17, 15) is 4.39 Å². The van der Waals surface area contributed by atoms with Gasteiger partial charge in [0.2, 0.25) is 0 Å². The SMILES string of the molecule is Fc1cc(-c2ccccc2)ncc1CCl. The minimum absolute atomic E-state index is 0.147. The van der Waals surface area contributed by atoms with Crippen molar-refractivity contribution in [3.63, 3.8) is 0 Å². The Morgan fingerprint density at radius 1 is 1.20 bits per heavy atom. The topological polar surface area (TPSA) is 12.9 Å². The molecule has 0 saturated carbocycles. The molecule has 0 spiro atoms. The van der Waals surface area contributed by atoms with E-state index < -0.39 is 0 Å². The van der Waals surface area contributed by atoms with Crippen LogP contribution < -0.4 is 0 Å². The van der Waals surface area contributed by atoms with Gasteiger partial charge in [0.1, 0.15) is 5.82 Å². The van der Waals surface area contributed by atoms with Gasteiger partial charge in [-0.25, -0.2) is 4.39 Å². The zero-order valence-electron chi connectivity index (χ0n) is 7.95. The average Bonchev–Trinajstić information content (AvgIpc) is 2.30. The van der Waals surface area contributed by atoms with Crippen LogP contribution >= 0.6 is 11.6 Å². The number of hydrogen-bond acceptors (Lipinski definition) is 1. The van der Waals surface area contributed by atoms with E-state index in [1.54, 1.807) is 0 Å². The predicted octanol–water partition coefficient (Wildman–Crippen LogP) is 3.63. The molecule has 3 heteroatoms. The van der Waals surface area contributed by atoms with Gasteiger partial charge in [-0.05, 0) is 0 Å². The molecule has 1 aromatic carbocycles. The number of rotatable bonds is 2. The highest BCUT2D eigenvalue weighted by atomic mass is 35.5.